The highest BCUT2D eigenvalue weighted by atomic mass is 35.5. The number of piperidine rings is 1. The van der Waals surface area contributed by atoms with Crippen molar-refractivity contribution in [1.29, 1.82) is 5.26 Å². The maximum atomic E-state index is 13.6. The zero-order valence-electron chi connectivity index (χ0n) is 21.7. The van der Waals surface area contributed by atoms with Gasteiger partial charge in [0.1, 0.15) is 5.82 Å². The van der Waals surface area contributed by atoms with Crippen molar-refractivity contribution in [3.63, 3.8) is 0 Å². The van der Waals surface area contributed by atoms with Crippen LogP contribution in [0, 0.1) is 29.0 Å². The van der Waals surface area contributed by atoms with Gasteiger partial charge in [0.15, 0.2) is 0 Å². The normalized spacial score (nSPS) is 17.9. The van der Waals surface area contributed by atoms with Crippen LogP contribution in [0.4, 0.5) is 10.1 Å². The van der Waals surface area contributed by atoms with E-state index >= 15 is 0 Å². The molecule has 6 heteroatoms. The summed E-state index contributed by atoms with van der Waals surface area (Å²) in [6, 6.07) is 22.8. The molecule has 5 rings (SSSR count). The molecule has 1 saturated carbocycles. The fraction of sp³-hybridized carbons (Fsp3) is 0.375. The molecule has 1 N–H and O–H groups in total. The summed E-state index contributed by atoms with van der Waals surface area (Å²) < 4.78 is 13.6. The van der Waals surface area contributed by atoms with Gasteiger partial charge in [-0.25, -0.2) is 4.39 Å². The van der Waals surface area contributed by atoms with Gasteiger partial charge in [-0.05, 0) is 104 Å². The van der Waals surface area contributed by atoms with E-state index < -0.39 is 5.82 Å². The zero-order chi connectivity index (χ0) is 26.7. The predicted molar refractivity (Wildman–Crippen MR) is 150 cm³/mol. The van der Waals surface area contributed by atoms with E-state index in [-0.39, 0.29) is 22.3 Å². The number of nitrogens with zero attached hydrogens (tertiary/aromatic N) is 2. The number of carbonyl (C=O) groups is 1. The number of likely N-dealkylation sites (tertiary alicyclic amines) is 1. The van der Waals surface area contributed by atoms with E-state index in [9.17, 15) is 14.4 Å². The van der Waals surface area contributed by atoms with Crippen molar-refractivity contribution in [2.45, 2.75) is 44.4 Å². The maximum Gasteiger partial charge on any atom is 0.227 e. The van der Waals surface area contributed by atoms with Crippen LogP contribution in [0.2, 0.25) is 5.02 Å². The molecule has 2 aliphatic rings. The van der Waals surface area contributed by atoms with Crippen molar-refractivity contribution < 1.29 is 9.18 Å². The van der Waals surface area contributed by atoms with Crippen LogP contribution in [0.25, 0.3) is 11.1 Å². The third-order valence-electron chi connectivity index (χ3n) is 8.18. The second-order valence-corrected chi connectivity index (χ2v) is 11.4. The Morgan fingerprint density at radius 1 is 1.11 bits per heavy atom. The molecule has 3 aromatic carbocycles. The minimum absolute atomic E-state index is 0.00430. The molecule has 1 amide bonds. The molecule has 1 aliphatic carbocycles. The average molecular weight is 530 g/mol. The van der Waals surface area contributed by atoms with Gasteiger partial charge in [0, 0.05) is 18.2 Å². The van der Waals surface area contributed by atoms with Crippen LogP contribution in [0.1, 0.15) is 50.2 Å². The molecule has 0 radical (unpaired) electrons. The molecule has 1 unspecified atom stereocenters. The lowest BCUT2D eigenvalue weighted by atomic mass is 9.67. The van der Waals surface area contributed by atoms with Crippen molar-refractivity contribution >= 4 is 23.2 Å². The predicted octanol–water partition coefficient (Wildman–Crippen LogP) is 7.43. The molecule has 38 heavy (non-hydrogen) atoms. The molecule has 0 aromatic heterocycles. The lowest BCUT2D eigenvalue weighted by molar-refractivity contribution is -0.120. The first-order chi connectivity index (χ1) is 18.3. The number of amides is 1. The van der Waals surface area contributed by atoms with Crippen LogP contribution >= 0.6 is 11.6 Å². The summed E-state index contributed by atoms with van der Waals surface area (Å²) in [5.74, 6) is 0.0359. The number of nitrogens with one attached hydrogen (secondary N) is 1. The van der Waals surface area contributed by atoms with E-state index in [1.54, 1.807) is 0 Å². The van der Waals surface area contributed by atoms with Crippen LogP contribution in [-0.4, -0.2) is 30.4 Å². The van der Waals surface area contributed by atoms with Gasteiger partial charge >= 0.3 is 0 Å². The molecular formula is C32H33ClFN3O. The minimum Gasteiger partial charge on any atom is -0.326 e. The molecule has 1 heterocycles. The topological polar surface area (TPSA) is 56.1 Å². The number of anilines is 1. The van der Waals surface area contributed by atoms with Crippen LogP contribution in [0.3, 0.4) is 0 Å². The van der Waals surface area contributed by atoms with Gasteiger partial charge in [0.05, 0.1) is 16.7 Å². The highest BCUT2D eigenvalue weighted by Gasteiger charge is 2.39. The molecule has 4 nitrogen and oxygen atoms in total. The largest absolute Gasteiger partial charge is 0.326 e. The van der Waals surface area contributed by atoms with Crippen LogP contribution in [0.15, 0.2) is 66.7 Å². The van der Waals surface area contributed by atoms with Gasteiger partial charge in [0.2, 0.25) is 5.91 Å². The van der Waals surface area contributed by atoms with Gasteiger partial charge in [0.25, 0.3) is 0 Å². The summed E-state index contributed by atoms with van der Waals surface area (Å²) in [4.78, 5) is 15.8. The second-order valence-electron chi connectivity index (χ2n) is 11.0. The number of hydrogen-bond acceptors (Lipinski definition) is 3. The quantitative estimate of drug-likeness (QED) is 0.330. The van der Waals surface area contributed by atoms with Crippen molar-refractivity contribution in [3.05, 3.63) is 88.7 Å². The van der Waals surface area contributed by atoms with Crippen molar-refractivity contribution in [3.8, 4) is 17.2 Å². The number of hydrogen-bond donors (Lipinski definition) is 1. The monoisotopic (exact) mass is 529 g/mol. The van der Waals surface area contributed by atoms with Gasteiger partial charge in [-0.2, -0.15) is 5.26 Å². The van der Waals surface area contributed by atoms with E-state index in [2.05, 4.69) is 40.6 Å². The molecule has 196 valence electrons. The van der Waals surface area contributed by atoms with Crippen LogP contribution in [0.5, 0.6) is 0 Å². The second kappa shape index (κ2) is 11.3. The standard InChI is InChI=1S/C32H33ClFN3O/c1-22(31(38)36-28-11-12-30(34)29(33)18-28)19-32(13-15-37(16-14-32)21-23-5-6-23)27-9-7-25(8-10-27)26-4-2-3-24(17-26)20-35/h2-4,7-12,17-18,22-23H,5-6,13-16,19,21H2,1H3,(H,36,38). The Kier molecular flexibility index (Phi) is 7.83. The zero-order valence-corrected chi connectivity index (χ0v) is 22.5. The average Bonchev–Trinajstić information content (AvgIpc) is 3.76. The molecular weight excluding hydrogens is 497 g/mol. The first kappa shape index (κ1) is 26.4. The molecule has 1 aliphatic heterocycles. The minimum atomic E-state index is -0.502. The third-order valence-corrected chi connectivity index (χ3v) is 8.47. The first-order valence-electron chi connectivity index (χ1n) is 13.4. The van der Waals surface area contributed by atoms with Crippen LogP contribution < -0.4 is 5.32 Å². The SMILES string of the molecule is CC(CC1(c2ccc(-c3cccc(C#N)c3)cc2)CCN(CC2CC2)CC1)C(=O)Nc1ccc(F)c(Cl)c1. The summed E-state index contributed by atoms with van der Waals surface area (Å²) in [5, 5.41) is 12.2. The van der Waals surface area contributed by atoms with E-state index in [1.165, 1.54) is 43.1 Å². The Hall–Kier alpha value is -3.20. The van der Waals surface area contributed by atoms with Gasteiger partial charge in [-0.15, -0.1) is 0 Å². The molecule has 0 bridgehead atoms. The Labute approximate surface area is 229 Å². The van der Waals surface area contributed by atoms with Crippen LogP contribution in [-0.2, 0) is 10.2 Å². The summed E-state index contributed by atoms with van der Waals surface area (Å²) in [5.41, 5.74) is 4.40. The van der Waals surface area contributed by atoms with Crippen molar-refractivity contribution in [2.75, 3.05) is 25.0 Å². The summed E-state index contributed by atoms with van der Waals surface area (Å²) >= 11 is 5.92. The Morgan fingerprint density at radius 3 is 2.50 bits per heavy atom. The molecule has 0 spiro atoms. The van der Waals surface area contributed by atoms with E-state index in [4.69, 9.17) is 11.6 Å². The molecule has 3 aromatic rings. The number of rotatable bonds is 8. The number of halogens is 2. The first-order valence-corrected chi connectivity index (χ1v) is 13.8. The van der Waals surface area contributed by atoms with E-state index in [0.29, 0.717) is 11.3 Å². The molecule has 1 atom stereocenters. The maximum absolute atomic E-state index is 13.6. The summed E-state index contributed by atoms with van der Waals surface area (Å²) in [7, 11) is 0. The smallest absolute Gasteiger partial charge is 0.227 e. The lowest BCUT2D eigenvalue weighted by Gasteiger charge is -2.44. The van der Waals surface area contributed by atoms with E-state index in [0.717, 1.165) is 49.4 Å². The van der Waals surface area contributed by atoms with E-state index in [1.807, 2.05) is 31.2 Å². The van der Waals surface area contributed by atoms with Gasteiger partial charge in [-0.3, -0.25) is 4.79 Å². The third kappa shape index (κ3) is 6.09. The number of carbonyl (C=O) groups excluding carboxylic acids is 1. The molecule has 1 saturated heterocycles. The fourth-order valence-corrected chi connectivity index (χ4v) is 5.92. The van der Waals surface area contributed by atoms with Crippen molar-refractivity contribution in [1.82, 2.24) is 4.90 Å². The lowest BCUT2D eigenvalue weighted by Crippen LogP contribution is -2.45. The highest BCUT2D eigenvalue weighted by Crippen LogP contribution is 2.43. The van der Waals surface area contributed by atoms with Gasteiger partial charge in [-0.1, -0.05) is 54.9 Å². The Balaban J connectivity index is 1.35. The van der Waals surface area contributed by atoms with Crippen molar-refractivity contribution in [2.24, 2.45) is 11.8 Å². The number of benzene rings is 3. The highest BCUT2D eigenvalue weighted by molar-refractivity contribution is 6.31. The molecule has 2 fully saturated rings. The fourth-order valence-electron chi connectivity index (χ4n) is 5.74. The Bertz CT molecular complexity index is 1340. The Morgan fingerprint density at radius 2 is 1.84 bits per heavy atom. The summed E-state index contributed by atoms with van der Waals surface area (Å²) in [6.45, 7) is 5.22. The van der Waals surface area contributed by atoms with Gasteiger partial charge < -0.3 is 10.2 Å². The number of nitriles is 1. The summed E-state index contributed by atoms with van der Waals surface area (Å²) in [6.07, 6.45) is 5.43.